The monoisotopic (exact) mass is 573 g/mol. The van der Waals surface area contributed by atoms with E-state index in [2.05, 4.69) is 20.2 Å². The van der Waals surface area contributed by atoms with Crippen LogP contribution in [-0.4, -0.2) is 59.6 Å². The second kappa shape index (κ2) is 11.2. The number of piperazine rings is 1. The van der Waals surface area contributed by atoms with Gasteiger partial charge in [-0.05, 0) is 57.9 Å². The summed E-state index contributed by atoms with van der Waals surface area (Å²) in [6.45, 7) is 5.60. The predicted molar refractivity (Wildman–Crippen MR) is 147 cm³/mol. The van der Waals surface area contributed by atoms with Crippen LogP contribution in [0.2, 0.25) is 0 Å². The van der Waals surface area contributed by atoms with Crippen LogP contribution in [0.5, 0.6) is 5.88 Å². The zero-order chi connectivity index (χ0) is 29.5. The molecule has 0 spiro atoms. The molecule has 8 nitrogen and oxygen atoms in total. The van der Waals surface area contributed by atoms with E-state index in [1.807, 2.05) is 25.8 Å². The molecule has 1 unspecified atom stereocenters. The number of nitrogens with one attached hydrogen (secondary N) is 2. The quantitative estimate of drug-likeness (QED) is 0.380. The van der Waals surface area contributed by atoms with E-state index in [1.54, 1.807) is 12.1 Å². The molecule has 1 aliphatic carbocycles. The number of carbonyl (C=O) groups excluding carboxylic acids is 1. The molecular weight excluding hydrogens is 542 g/mol. The maximum atomic E-state index is 15.6. The molecule has 2 N–H and O–H groups in total. The number of likely N-dealkylation sites (N-methyl/N-ethyl adjacent to an activating group) is 1. The average Bonchev–Trinajstić information content (AvgIpc) is 3.75. The molecule has 1 saturated heterocycles. The van der Waals surface area contributed by atoms with E-state index in [-0.39, 0.29) is 23.3 Å². The van der Waals surface area contributed by atoms with Crippen LogP contribution in [0.15, 0.2) is 47.5 Å². The van der Waals surface area contributed by atoms with Crippen molar-refractivity contribution in [2.24, 2.45) is 5.92 Å². The van der Waals surface area contributed by atoms with E-state index >= 15 is 4.39 Å². The van der Waals surface area contributed by atoms with Gasteiger partial charge < -0.3 is 19.9 Å². The number of H-pyrrole nitrogens is 1. The standard InChI is InChI=1S/C29H31F4N5O3/c1-16-13-38(14-17(2)37(16)3)25-10-23(30)20(19-6-7-27(35-11-19)41-15-18-4-5-18)8-24(25)36-28(40)21-12-34-26(39)9-22(21)29(31,32)33/h6-12,16-18H,4-5,13-15H2,1-3H3,(H,34,39)(H,36,40)/t16-,17?/m0/s1. The van der Waals surface area contributed by atoms with Gasteiger partial charge >= 0.3 is 6.18 Å². The first-order valence-electron chi connectivity index (χ1n) is 13.4. The summed E-state index contributed by atoms with van der Waals surface area (Å²) in [5.74, 6) is -0.729. The number of halogens is 4. The molecule has 1 aliphatic heterocycles. The fourth-order valence-corrected chi connectivity index (χ4v) is 4.94. The van der Waals surface area contributed by atoms with E-state index in [0.717, 1.165) is 19.0 Å². The van der Waals surface area contributed by atoms with Crippen molar-refractivity contribution in [3.63, 3.8) is 0 Å². The van der Waals surface area contributed by atoms with Crippen LogP contribution in [0.3, 0.4) is 0 Å². The van der Waals surface area contributed by atoms with Gasteiger partial charge in [-0.15, -0.1) is 0 Å². The molecule has 2 aliphatic rings. The van der Waals surface area contributed by atoms with Crippen molar-refractivity contribution in [2.45, 2.75) is 44.9 Å². The summed E-state index contributed by atoms with van der Waals surface area (Å²) < 4.78 is 62.3. The molecule has 3 heterocycles. The van der Waals surface area contributed by atoms with Gasteiger partial charge in [-0.25, -0.2) is 9.37 Å². The van der Waals surface area contributed by atoms with Crippen LogP contribution >= 0.6 is 0 Å². The van der Waals surface area contributed by atoms with Gasteiger partial charge in [0.15, 0.2) is 0 Å². The largest absolute Gasteiger partial charge is 0.477 e. The smallest absolute Gasteiger partial charge is 0.417 e. The SMILES string of the molecule is CC1CN(c2cc(F)c(-c3ccc(OCC4CC4)nc3)cc2NC(=O)c2c[nH]c(=O)cc2C(F)(F)F)C[C@H](C)N1C. The number of anilines is 2. The normalized spacial score (nSPS) is 19.7. The van der Waals surface area contributed by atoms with E-state index < -0.39 is 34.6 Å². The molecule has 1 saturated carbocycles. The second-order valence-corrected chi connectivity index (χ2v) is 10.8. The summed E-state index contributed by atoms with van der Waals surface area (Å²) in [7, 11) is 1.99. The lowest BCUT2D eigenvalue weighted by atomic mass is 10.0. The van der Waals surface area contributed by atoms with Gasteiger partial charge in [0.05, 0.1) is 29.1 Å². The Labute approximate surface area is 234 Å². The molecule has 2 atom stereocenters. The Balaban J connectivity index is 1.52. The number of alkyl halides is 3. The number of hydrogen-bond acceptors (Lipinski definition) is 6. The average molecular weight is 574 g/mol. The first-order valence-corrected chi connectivity index (χ1v) is 13.4. The van der Waals surface area contributed by atoms with Gasteiger partial charge in [-0.3, -0.25) is 14.5 Å². The van der Waals surface area contributed by atoms with E-state index in [4.69, 9.17) is 4.74 Å². The maximum Gasteiger partial charge on any atom is 0.417 e. The second-order valence-electron chi connectivity index (χ2n) is 10.8. The van der Waals surface area contributed by atoms with Crippen molar-refractivity contribution < 1.29 is 27.1 Å². The Kier molecular flexibility index (Phi) is 7.78. The van der Waals surface area contributed by atoms with Gasteiger partial charge in [-0.1, -0.05) is 0 Å². The van der Waals surface area contributed by atoms with Crippen LogP contribution in [-0.2, 0) is 6.18 Å². The number of benzene rings is 1. The van der Waals surface area contributed by atoms with Crippen LogP contribution < -0.4 is 20.5 Å². The fraction of sp³-hybridized carbons (Fsp3) is 0.414. The van der Waals surface area contributed by atoms with Gasteiger partial charge in [0.25, 0.3) is 5.91 Å². The maximum absolute atomic E-state index is 15.6. The lowest BCUT2D eigenvalue weighted by Gasteiger charge is -2.44. The number of ether oxygens (including phenoxy) is 1. The van der Waals surface area contributed by atoms with Crippen molar-refractivity contribution in [3.05, 3.63) is 70.0 Å². The van der Waals surface area contributed by atoms with Crippen molar-refractivity contribution >= 4 is 17.3 Å². The number of amides is 1. The summed E-state index contributed by atoms with van der Waals surface area (Å²) in [4.78, 5) is 35.3. The van der Waals surface area contributed by atoms with Gasteiger partial charge in [0.1, 0.15) is 5.82 Å². The van der Waals surface area contributed by atoms with Crippen molar-refractivity contribution in [3.8, 4) is 17.0 Å². The lowest BCUT2D eigenvalue weighted by molar-refractivity contribution is -0.138. The summed E-state index contributed by atoms with van der Waals surface area (Å²) >= 11 is 0. The van der Waals surface area contributed by atoms with Crippen molar-refractivity contribution in [2.75, 3.05) is 37.0 Å². The summed E-state index contributed by atoms with van der Waals surface area (Å²) in [5.41, 5.74) is -2.13. The van der Waals surface area contributed by atoms with Crippen LogP contribution in [0.25, 0.3) is 11.1 Å². The van der Waals surface area contributed by atoms with Gasteiger partial charge in [-0.2, -0.15) is 13.2 Å². The molecule has 41 heavy (non-hydrogen) atoms. The highest BCUT2D eigenvalue weighted by Gasteiger charge is 2.36. The Morgan fingerprint density at radius 3 is 2.46 bits per heavy atom. The molecular formula is C29H31F4N5O3. The topological polar surface area (TPSA) is 90.6 Å². The predicted octanol–water partition coefficient (Wildman–Crippen LogP) is 5.16. The number of rotatable bonds is 7. The van der Waals surface area contributed by atoms with E-state index in [9.17, 15) is 22.8 Å². The molecule has 5 rings (SSSR count). The summed E-state index contributed by atoms with van der Waals surface area (Å²) in [5, 5.41) is 2.56. The summed E-state index contributed by atoms with van der Waals surface area (Å²) in [6.07, 6.45) is -0.503. The van der Waals surface area contributed by atoms with E-state index in [0.29, 0.717) is 48.8 Å². The minimum absolute atomic E-state index is 0.0912. The molecule has 1 amide bonds. The Morgan fingerprint density at radius 1 is 1.15 bits per heavy atom. The molecule has 0 radical (unpaired) electrons. The van der Waals surface area contributed by atoms with E-state index in [1.165, 1.54) is 18.3 Å². The third kappa shape index (κ3) is 6.37. The lowest BCUT2D eigenvalue weighted by Crippen LogP contribution is -2.55. The number of hydrogen-bond donors (Lipinski definition) is 2. The molecule has 2 fully saturated rings. The van der Waals surface area contributed by atoms with Crippen LogP contribution in [0.1, 0.15) is 42.6 Å². The number of carbonyl (C=O) groups is 1. The third-order valence-corrected chi connectivity index (χ3v) is 7.72. The van der Waals surface area contributed by atoms with Gasteiger partial charge in [0.2, 0.25) is 11.4 Å². The van der Waals surface area contributed by atoms with Crippen LogP contribution in [0, 0.1) is 11.7 Å². The molecule has 2 aromatic heterocycles. The Hall–Kier alpha value is -3.93. The Morgan fingerprint density at radius 2 is 1.85 bits per heavy atom. The Bertz CT molecular complexity index is 1480. The molecule has 218 valence electrons. The molecule has 12 heteroatoms. The highest BCUT2D eigenvalue weighted by molar-refractivity contribution is 6.07. The fourth-order valence-electron chi connectivity index (χ4n) is 4.94. The highest BCUT2D eigenvalue weighted by Crippen LogP contribution is 2.37. The first-order chi connectivity index (χ1) is 19.4. The van der Waals surface area contributed by atoms with Crippen LogP contribution in [0.4, 0.5) is 28.9 Å². The van der Waals surface area contributed by atoms with Crippen molar-refractivity contribution in [1.82, 2.24) is 14.9 Å². The minimum Gasteiger partial charge on any atom is -0.477 e. The van der Waals surface area contributed by atoms with Crippen molar-refractivity contribution in [1.29, 1.82) is 0 Å². The van der Waals surface area contributed by atoms with Gasteiger partial charge in [0, 0.05) is 60.8 Å². The first kappa shape index (κ1) is 28.6. The highest BCUT2D eigenvalue weighted by atomic mass is 19.4. The molecule has 3 aromatic rings. The molecule has 0 bridgehead atoms. The number of aromatic nitrogens is 2. The number of nitrogens with zero attached hydrogens (tertiary/aromatic N) is 3. The summed E-state index contributed by atoms with van der Waals surface area (Å²) in [6, 6.07) is 6.48. The third-order valence-electron chi connectivity index (χ3n) is 7.72. The zero-order valence-electron chi connectivity index (χ0n) is 22.9. The molecule has 1 aromatic carbocycles. The number of pyridine rings is 2. The zero-order valence-corrected chi connectivity index (χ0v) is 22.9. The number of aromatic amines is 1. The minimum atomic E-state index is -4.94.